The van der Waals surface area contributed by atoms with E-state index in [1.165, 1.54) is 40.3 Å². The number of benzene rings is 2. The Kier molecular flexibility index (Phi) is 5.80. The highest BCUT2D eigenvalue weighted by Gasteiger charge is 2.41. The topological polar surface area (TPSA) is 115 Å². The van der Waals surface area contributed by atoms with Gasteiger partial charge in [-0.1, -0.05) is 49.5 Å². The zero-order valence-corrected chi connectivity index (χ0v) is 23.4. The molecule has 0 N–H and O–H groups in total. The molecule has 0 aromatic heterocycles. The number of barbiturate groups is 2. The van der Waals surface area contributed by atoms with Crippen molar-refractivity contribution in [3.05, 3.63) is 58.7 Å². The normalized spacial score (nSPS) is 18.7. The van der Waals surface area contributed by atoms with Crippen LogP contribution < -0.4 is 10.4 Å². The van der Waals surface area contributed by atoms with Gasteiger partial charge in [-0.05, 0) is 44.8 Å². The Balaban J connectivity index is 1.53. The van der Waals surface area contributed by atoms with Crippen LogP contribution in [0.25, 0.3) is 23.3 Å². The molecule has 3 aliphatic heterocycles. The fourth-order valence-electron chi connectivity index (χ4n) is 5.24. The Morgan fingerprint density at radius 3 is 1.15 bits per heavy atom. The van der Waals surface area contributed by atoms with Crippen molar-refractivity contribution in [2.24, 2.45) is 0 Å². The molecular weight excluding hydrogens is 516 g/mol. The van der Waals surface area contributed by atoms with Crippen LogP contribution in [-0.2, 0) is 19.2 Å². The second kappa shape index (κ2) is 8.70. The highest BCUT2D eigenvalue weighted by molar-refractivity contribution is 7.03. The van der Waals surface area contributed by atoms with Crippen molar-refractivity contribution < 1.29 is 28.8 Å². The molecule has 10 nitrogen and oxygen atoms in total. The number of carbonyl (C=O) groups is 6. The van der Waals surface area contributed by atoms with Crippen molar-refractivity contribution in [1.29, 1.82) is 0 Å². The van der Waals surface area contributed by atoms with Crippen LogP contribution in [0.2, 0.25) is 13.1 Å². The first kappa shape index (κ1) is 26.0. The van der Waals surface area contributed by atoms with Crippen molar-refractivity contribution in [2.45, 2.75) is 13.1 Å². The van der Waals surface area contributed by atoms with Gasteiger partial charge in [0.1, 0.15) is 19.2 Å². The summed E-state index contributed by atoms with van der Waals surface area (Å²) in [7, 11) is 3.09. The number of carbonyl (C=O) groups excluding carboxylic acids is 6. The van der Waals surface area contributed by atoms with Crippen LogP contribution in [0.15, 0.2) is 47.5 Å². The summed E-state index contributed by atoms with van der Waals surface area (Å²) in [4.78, 5) is 78.4. The fraction of sp³-hybridized carbons (Fsp3) is 0.214. The molecule has 0 atom stereocenters. The van der Waals surface area contributed by atoms with Gasteiger partial charge in [0.15, 0.2) is 0 Å². The summed E-state index contributed by atoms with van der Waals surface area (Å²) in [6.07, 6.45) is 3.03. The molecule has 3 heterocycles. The lowest BCUT2D eigenvalue weighted by molar-refractivity contribution is -0.135. The van der Waals surface area contributed by atoms with Gasteiger partial charge >= 0.3 is 12.1 Å². The predicted octanol–water partition coefficient (Wildman–Crippen LogP) is 1.36. The van der Waals surface area contributed by atoms with Crippen LogP contribution in [0.5, 0.6) is 0 Å². The standard InChI is InChI=1S/C28H26N4O6Si/c1-29-23(33)19(24(34)30(2)27(29)37)11-15-7-9-17-18-10-8-16(14-22(18)39(5,6)21(17)13-15)12-20-25(35)31(3)28(38)32(4)26(20)36/h7-14H,1-6H3. The van der Waals surface area contributed by atoms with Gasteiger partial charge in [-0.3, -0.25) is 38.8 Å². The molecule has 2 aromatic rings. The van der Waals surface area contributed by atoms with E-state index < -0.39 is 43.8 Å². The lowest BCUT2D eigenvalue weighted by Crippen LogP contribution is -2.53. The number of fused-ring (bicyclic) bond motifs is 3. The monoisotopic (exact) mass is 542 g/mol. The van der Waals surface area contributed by atoms with Gasteiger partial charge in [0.2, 0.25) is 0 Å². The molecule has 11 heteroatoms. The summed E-state index contributed by atoms with van der Waals surface area (Å²) < 4.78 is 0. The van der Waals surface area contributed by atoms with Crippen molar-refractivity contribution in [3.8, 4) is 11.1 Å². The summed E-state index contributed by atoms with van der Waals surface area (Å²) in [5, 5.41) is 2.22. The maximum atomic E-state index is 12.7. The number of amides is 8. The first-order chi connectivity index (χ1) is 18.2. The number of rotatable bonds is 2. The molecule has 0 bridgehead atoms. The molecule has 0 radical (unpaired) electrons. The molecular formula is C28H26N4O6Si. The van der Waals surface area contributed by atoms with Gasteiger partial charge in [-0.2, -0.15) is 0 Å². The van der Waals surface area contributed by atoms with Gasteiger partial charge in [0.05, 0.1) is 0 Å². The van der Waals surface area contributed by atoms with Crippen LogP contribution >= 0.6 is 0 Å². The van der Waals surface area contributed by atoms with E-state index in [9.17, 15) is 28.8 Å². The van der Waals surface area contributed by atoms with Crippen LogP contribution in [0, 0.1) is 0 Å². The SMILES string of the molecule is CN1C(=O)C(=Cc2ccc3c(c2)[Si](C)(C)c2cc(C=C4C(=O)N(C)C(=O)N(C)C4=O)ccc2-3)C(=O)N(C)C1=O. The van der Waals surface area contributed by atoms with E-state index >= 15 is 0 Å². The minimum Gasteiger partial charge on any atom is -0.268 e. The molecule has 198 valence electrons. The van der Waals surface area contributed by atoms with E-state index in [4.69, 9.17) is 0 Å². The average Bonchev–Trinajstić information content (AvgIpc) is 3.14. The number of imide groups is 4. The number of hydrogen-bond donors (Lipinski definition) is 0. The Hall–Kier alpha value is -4.64. The second-order valence-corrected chi connectivity index (χ2v) is 14.7. The predicted molar refractivity (Wildman–Crippen MR) is 146 cm³/mol. The molecule has 0 saturated carbocycles. The van der Waals surface area contributed by atoms with E-state index in [1.54, 1.807) is 0 Å². The molecule has 8 amide bonds. The third kappa shape index (κ3) is 3.76. The van der Waals surface area contributed by atoms with Gasteiger partial charge in [0, 0.05) is 28.2 Å². The molecule has 0 aliphatic carbocycles. The summed E-state index contributed by atoms with van der Waals surface area (Å²) in [5.41, 5.74) is 3.27. The lowest BCUT2D eigenvalue weighted by atomic mass is 10.00. The quantitative estimate of drug-likeness (QED) is 0.322. The molecule has 0 spiro atoms. The first-order valence-electron chi connectivity index (χ1n) is 12.2. The number of nitrogens with zero attached hydrogens (tertiary/aromatic N) is 4. The Labute approximate surface area is 225 Å². The fourth-order valence-corrected chi connectivity index (χ4v) is 8.36. The van der Waals surface area contributed by atoms with E-state index in [1.807, 2.05) is 36.4 Å². The third-order valence-electron chi connectivity index (χ3n) is 7.63. The van der Waals surface area contributed by atoms with Gasteiger partial charge in [-0.25, -0.2) is 9.59 Å². The number of hydrogen-bond acceptors (Lipinski definition) is 6. The van der Waals surface area contributed by atoms with Crippen molar-refractivity contribution in [3.63, 3.8) is 0 Å². The van der Waals surface area contributed by atoms with Crippen molar-refractivity contribution in [2.75, 3.05) is 28.2 Å². The van der Waals surface area contributed by atoms with Gasteiger partial charge in [-0.15, -0.1) is 0 Å². The third-order valence-corrected chi connectivity index (χ3v) is 11.2. The summed E-state index contributed by atoms with van der Waals surface area (Å²) in [5.74, 6) is -2.59. The smallest absolute Gasteiger partial charge is 0.268 e. The number of likely N-dealkylation sites (N-methyl/N-ethyl adjacent to an activating group) is 4. The van der Waals surface area contributed by atoms with Gasteiger partial charge < -0.3 is 0 Å². The summed E-state index contributed by atoms with van der Waals surface area (Å²) in [6.45, 7) is 4.36. The van der Waals surface area contributed by atoms with Crippen molar-refractivity contribution >= 4 is 66.3 Å². The first-order valence-corrected chi connectivity index (χ1v) is 15.2. The minimum atomic E-state index is -2.27. The molecule has 3 aliphatic rings. The van der Waals surface area contributed by atoms with Crippen LogP contribution in [0.3, 0.4) is 0 Å². The Bertz CT molecular complexity index is 1450. The van der Waals surface area contributed by atoms with E-state index in [-0.39, 0.29) is 11.1 Å². The van der Waals surface area contributed by atoms with E-state index in [2.05, 4.69) is 13.1 Å². The van der Waals surface area contributed by atoms with Crippen LogP contribution in [0.1, 0.15) is 11.1 Å². The molecule has 2 aromatic carbocycles. The summed E-state index contributed by atoms with van der Waals surface area (Å²) >= 11 is 0. The molecule has 0 unspecified atom stereocenters. The largest absolute Gasteiger partial charge is 0.333 e. The maximum absolute atomic E-state index is 12.7. The highest BCUT2D eigenvalue weighted by Crippen LogP contribution is 2.31. The van der Waals surface area contributed by atoms with Crippen molar-refractivity contribution in [1.82, 2.24) is 19.6 Å². The lowest BCUT2D eigenvalue weighted by Gasteiger charge is -2.29. The highest BCUT2D eigenvalue weighted by atomic mass is 28.3. The van der Waals surface area contributed by atoms with E-state index in [0.717, 1.165) is 41.1 Å². The molecule has 39 heavy (non-hydrogen) atoms. The molecule has 2 fully saturated rings. The second-order valence-electron chi connectivity index (χ2n) is 10.4. The minimum absolute atomic E-state index is 0.0846. The van der Waals surface area contributed by atoms with Gasteiger partial charge in [0.25, 0.3) is 23.6 Å². The average molecular weight is 543 g/mol. The summed E-state index contributed by atoms with van der Waals surface area (Å²) in [6, 6.07) is 10.2. The van der Waals surface area contributed by atoms with Crippen LogP contribution in [-0.4, -0.2) is 91.6 Å². The molecule has 2 saturated heterocycles. The molecule has 5 rings (SSSR count). The zero-order valence-electron chi connectivity index (χ0n) is 22.4. The Morgan fingerprint density at radius 1 is 0.538 bits per heavy atom. The zero-order chi connectivity index (χ0) is 28.5. The van der Waals surface area contributed by atoms with Crippen LogP contribution in [0.4, 0.5) is 9.59 Å². The Morgan fingerprint density at radius 2 is 0.846 bits per heavy atom. The maximum Gasteiger partial charge on any atom is 0.333 e. The number of urea groups is 2. The van der Waals surface area contributed by atoms with E-state index in [0.29, 0.717) is 11.1 Å².